The Bertz CT molecular complexity index is 719. The fraction of sp³-hybridized carbons (Fsp3) is 0.385. The Hall–Kier alpha value is -1.68. The van der Waals surface area contributed by atoms with Crippen molar-refractivity contribution in [3.8, 4) is 0 Å². The molecule has 0 bridgehead atoms. The lowest BCUT2D eigenvalue weighted by Crippen LogP contribution is -2.27. The fourth-order valence-electron chi connectivity index (χ4n) is 1.96. The van der Waals surface area contributed by atoms with Gasteiger partial charge in [0.25, 0.3) is 0 Å². The zero-order valence-electron chi connectivity index (χ0n) is 12.3. The summed E-state index contributed by atoms with van der Waals surface area (Å²) in [5.74, 6) is -0.398. The van der Waals surface area contributed by atoms with Gasteiger partial charge in [0.15, 0.2) is 11.5 Å². The van der Waals surface area contributed by atoms with Crippen molar-refractivity contribution in [1.82, 2.24) is 19.7 Å². The van der Waals surface area contributed by atoms with Gasteiger partial charge >= 0.3 is 6.18 Å². The number of rotatable bonds is 5. The molecule has 0 aliphatic rings. The maximum atomic E-state index is 12.9. The smallest absolute Gasteiger partial charge is 0.308 e. The Balaban J connectivity index is 2.25. The summed E-state index contributed by atoms with van der Waals surface area (Å²) in [6.07, 6.45) is -0.0988. The largest absolute Gasteiger partial charge is 0.436 e. The second-order valence-corrected chi connectivity index (χ2v) is 6.06. The Morgan fingerprint density at radius 3 is 2.62 bits per heavy atom. The molecule has 2 heterocycles. The number of halogens is 5. The van der Waals surface area contributed by atoms with E-state index in [1.165, 1.54) is 12.4 Å². The summed E-state index contributed by atoms with van der Waals surface area (Å²) in [4.78, 5) is 20.0. The molecule has 1 atom stereocenters. The van der Waals surface area contributed by atoms with Crippen molar-refractivity contribution < 1.29 is 18.0 Å². The van der Waals surface area contributed by atoms with Gasteiger partial charge in [0, 0.05) is 6.20 Å². The zero-order chi connectivity index (χ0) is 17.9. The van der Waals surface area contributed by atoms with E-state index in [1.807, 2.05) is 6.92 Å². The molecule has 0 saturated heterocycles. The molecule has 6 nitrogen and oxygen atoms in total. The molecule has 2 rings (SSSR count). The van der Waals surface area contributed by atoms with E-state index in [9.17, 15) is 18.0 Å². The van der Waals surface area contributed by atoms with Gasteiger partial charge in [-0.2, -0.15) is 18.3 Å². The van der Waals surface area contributed by atoms with Gasteiger partial charge in [-0.25, -0.2) is 9.97 Å². The molecule has 11 heteroatoms. The summed E-state index contributed by atoms with van der Waals surface area (Å²) >= 11 is 8.43. The van der Waals surface area contributed by atoms with Crippen molar-refractivity contribution in [1.29, 1.82) is 0 Å². The highest BCUT2D eigenvalue weighted by Gasteiger charge is 2.37. The summed E-state index contributed by atoms with van der Waals surface area (Å²) in [6.45, 7) is 1.81. The molecule has 24 heavy (non-hydrogen) atoms. The molecular weight excluding hydrogens is 415 g/mol. The lowest BCUT2D eigenvalue weighted by Gasteiger charge is -2.16. The maximum absolute atomic E-state index is 12.9. The zero-order valence-corrected chi connectivity index (χ0v) is 14.7. The Morgan fingerprint density at radius 1 is 1.42 bits per heavy atom. The second-order valence-electron chi connectivity index (χ2n) is 4.82. The van der Waals surface area contributed by atoms with E-state index in [0.717, 1.165) is 10.9 Å². The molecule has 0 aromatic carbocycles. The van der Waals surface area contributed by atoms with Crippen LogP contribution in [-0.2, 0) is 11.0 Å². The van der Waals surface area contributed by atoms with Crippen LogP contribution in [0.25, 0.3) is 0 Å². The highest BCUT2D eigenvalue weighted by Crippen LogP contribution is 2.34. The number of carbonyl (C=O) groups is 1. The molecule has 2 aromatic heterocycles. The summed E-state index contributed by atoms with van der Waals surface area (Å²) in [5.41, 5.74) is -1.08. The molecule has 0 aliphatic carbocycles. The van der Waals surface area contributed by atoms with Crippen LogP contribution < -0.4 is 5.32 Å². The van der Waals surface area contributed by atoms with Gasteiger partial charge in [-0.05, 0) is 22.4 Å². The number of hydrogen-bond donors (Lipinski definition) is 1. The number of nitrogens with one attached hydrogen (secondary N) is 1. The molecule has 0 saturated carbocycles. The summed E-state index contributed by atoms with van der Waals surface area (Å²) < 4.78 is 39.3. The number of nitrogens with zero attached hydrogens (tertiary/aromatic N) is 4. The van der Waals surface area contributed by atoms with Crippen molar-refractivity contribution in [2.75, 3.05) is 5.32 Å². The third kappa shape index (κ3) is 4.44. The van der Waals surface area contributed by atoms with Crippen molar-refractivity contribution in [3.63, 3.8) is 0 Å². The van der Waals surface area contributed by atoms with E-state index in [0.29, 0.717) is 12.8 Å². The molecule has 1 N–H and O–H groups in total. The van der Waals surface area contributed by atoms with Crippen LogP contribution in [0.2, 0.25) is 5.15 Å². The monoisotopic (exact) mass is 425 g/mol. The van der Waals surface area contributed by atoms with Gasteiger partial charge in [-0.1, -0.05) is 24.9 Å². The minimum Gasteiger partial charge on any atom is -0.308 e. The number of alkyl halides is 3. The van der Waals surface area contributed by atoms with Crippen LogP contribution in [0.5, 0.6) is 0 Å². The quantitative estimate of drug-likeness (QED) is 0.782. The van der Waals surface area contributed by atoms with Crippen LogP contribution in [0, 0.1) is 0 Å². The van der Waals surface area contributed by atoms with E-state index < -0.39 is 23.8 Å². The van der Waals surface area contributed by atoms with Gasteiger partial charge in [0.1, 0.15) is 11.2 Å². The van der Waals surface area contributed by atoms with Crippen molar-refractivity contribution in [3.05, 3.63) is 33.9 Å². The first-order valence-electron chi connectivity index (χ1n) is 6.82. The van der Waals surface area contributed by atoms with Crippen LogP contribution in [0.15, 0.2) is 23.1 Å². The predicted octanol–water partition coefficient (Wildman–Crippen LogP) is 4.09. The first-order chi connectivity index (χ1) is 11.2. The molecule has 0 fully saturated rings. The van der Waals surface area contributed by atoms with Gasteiger partial charge < -0.3 is 5.32 Å². The Morgan fingerprint density at radius 2 is 2.12 bits per heavy atom. The van der Waals surface area contributed by atoms with Crippen molar-refractivity contribution in [2.24, 2.45) is 0 Å². The third-order valence-corrected chi connectivity index (χ3v) is 3.79. The average Bonchev–Trinajstić information content (AvgIpc) is 2.88. The highest BCUT2D eigenvalue weighted by molar-refractivity contribution is 9.10. The minimum absolute atomic E-state index is 0.146. The number of anilines is 1. The van der Waals surface area contributed by atoms with E-state index in [1.54, 1.807) is 0 Å². The van der Waals surface area contributed by atoms with Gasteiger partial charge in [0.2, 0.25) is 5.91 Å². The van der Waals surface area contributed by atoms with E-state index in [2.05, 4.69) is 36.3 Å². The third-order valence-electron chi connectivity index (χ3n) is 3.01. The van der Waals surface area contributed by atoms with Gasteiger partial charge in [0.05, 0.1) is 16.9 Å². The minimum atomic E-state index is -4.61. The summed E-state index contributed by atoms with van der Waals surface area (Å²) in [6, 6.07) is -0.917. The van der Waals surface area contributed by atoms with E-state index in [-0.39, 0.29) is 15.4 Å². The van der Waals surface area contributed by atoms with Crippen molar-refractivity contribution >= 4 is 39.3 Å². The SMILES string of the molecule is CCCC(C(=O)Nc1cnc(Cl)cn1)n1cc(Br)c(C(F)(F)F)n1. The summed E-state index contributed by atoms with van der Waals surface area (Å²) in [7, 11) is 0. The lowest BCUT2D eigenvalue weighted by molar-refractivity contribution is -0.142. The predicted molar refractivity (Wildman–Crippen MR) is 84.5 cm³/mol. The fourth-order valence-corrected chi connectivity index (χ4v) is 2.58. The average molecular weight is 427 g/mol. The van der Waals surface area contributed by atoms with E-state index in [4.69, 9.17) is 11.6 Å². The highest BCUT2D eigenvalue weighted by atomic mass is 79.9. The molecule has 130 valence electrons. The number of carbonyl (C=O) groups excluding carboxylic acids is 1. The van der Waals surface area contributed by atoms with Gasteiger partial charge in [-0.15, -0.1) is 0 Å². The van der Waals surface area contributed by atoms with Crippen LogP contribution in [0.3, 0.4) is 0 Å². The molecule has 1 unspecified atom stereocenters. The van der Waals surface area contributed by atoms with Crippen LogP contribution in [0.1, 0.15) is 31.5 Å². The second kappa shape index (κ2) is 7.47. The molecular formula is C13H12BrClF3N5O. The van der Waals surface area contributed by atoms with E-state index >= 15 is 0 Å². The normalized spacial score (nSPS) is 12.9. The Kier molecular flexibility index (Phi) is 5.81. The molecule has 0 spiro atoms. The molecule has 0 aliphatic heterocycles. The first kappa shape index (κ1) is 18.7. The van der Waals surface area contributed by atoms with Crippen LogP contribution in [0.4, 0.5) is 19.0 Å². The lowest BCUT2D eigenvalue weighted by atomic mass is 10.1. The Labute approximate surface area is 148 Å². The van der Waals surface area contributed by atoms with Gasteiger partial charge in [-0.3, -0.25) is 9.48 Å². The standard InChI is InChI=1S/C13H12BrClF3N5O/c1-2-3-8(12(24)21-10-5-19-9(15)4-20-10)23-6-7(14)11(22-23)13(16,17)18/h4-6,8H,2-3H2,1H3,(H,20,21,24). The summed E-state index contributed by atoms with van der Waals surface area (Å²) in [5, 5.41) is 6.15. The molecule has 2 aromatic rings. The van der Waals surface area contributed by atoms with Crippen LogP contribution >= 0.6 is 27.5 Å². The number of hydrogen-bond acceptors (Lipinski definition) is 4. The molecule has 1 amide bonds. The van der Waals surface area contributed by atoms with Crippen LogP contribution in [-0.4, -0.2) is 25.7 Å². The van der Waals surface area contributed by atoms with Crippen molar-refractivity contribution in [2.45, 2.75) is 32.0 Å². The number of amides is 1. The topological polar surface area (TPSA) is 72.7 Å². The number of aromatic nitrogens is 4. The maximum Gasteiger partial charge on any atom is 0.436 e. The first-order valence-corrected chi connectivity index (χ1v) is 7.99. The molecule has 0 radical (unpaired) electrons.